The fraction of sp³-hybridized carbons (Fsp3) is 0.538. The molecular formula is C13H19N3OS. The third-order valence-corrected chi connectivity index (χ3v) is 4.20. The van der Waals surface area contributed by atoms with E-state index in [0.29, 0.717) is 5.69 Å². The number of thioether (sulfide) groups is 1. The molecule has 0 bridgehead atoms. The van der Waals surface area contributed by atoms with E-state index in [4.69, 9.17) is 0 Å². The van der Waals surface area contributed by atoms with Crippen LogP contribution in [0.15, 0.2) is 18.3 Å². The lowest BCUT2D eigenvalue weighted by molar-refractivity contribution is 0.0958. The number of pyridine rings is 1. The zero-order valence-corrected chi connectivity index (χ0v) is 11.4. The molecule has 5 heteroatoms. The van der Waals surface area contributed by atoms with Crippen molar-refractivity contribution in [2.24, 2.45) is 5.92 Å². The van der Waals surface area contributed by atoms with Gasteiger partial charge in [0, 0.05) is 25.5 Å². The van der Waals surface area contributed by atoms with Crippen LogP contribution in [0.3, 0.4) is 0 Å². The van der Waals surface area contributed by atoms with Gasteiger partial charge in [-0.3, -0.25) is 9.78 Å². The van der Waals surface area contributed by atoms with Crippen LogP contribution in [-0.2, 0) is 0 Å². The van der Waals surface area contributed by atoms with Gasteiger partial charge in [-0.15, -0.1) is 0 Å². The molecule has 4 nitrogen and oxygen atoms in total. The van der Waals surface area contributed by atoms with Crippen molar-refractivity contribution in [3.63, 3.8) is 0 Å². The molecule has 2 N–H and O–H groups in total. The number of aromatic nitrogens is 1. The lowest BCUT2D eigenvalue weighted by atomic mass is 10.0. The molecule has 1 aromatic heterocycles. The fourth-order valence-electron chi connectivity index (χ4n) is 2.01. The molecule has 1 aromatic rings. The predicted molar refractivity (Wildman–Crippen MR) is 76.2 cm³/mol. The Balaban J connectivity index is 1.90. The van der Waals surface area contributed by atoms with E-state index in [1.54, 1.807) is 19.3 Å². The van der Waals surface area contributed by atoms with Crippen molar-refractivity contribution in [1.82, 2.24) is 10.3 Å². The van der Waals surface area contributed by atoms with Crippen LogP contribution in [0.4, 0.5) is 5.69 Å². The molecule has 98 valence electrons. The average molecular weight is 265 g/mol. The van der Waals surface area contributed by atoms with Gasteiger partial charge in [-0.05, 0) is 42.4 Å². The summed E-state index contributed by atoms with van der Waals surface area (Å²) in [6.45, 7) is 0.984. The van der Waals surface area contributed by atoms with E-state index < -0.39 is 0 Å². The van der Waals surface area contributed by atoms with E-state index in [0.717, 1.165) is 18.2 Å². The van der Waals surface area contributed by atoms with Crippen molar-refractivity contribution in [2.75, 3.05) is 30.4 Å². The Hall–Kier alpha value is -1.23. The first-order valence-electron chi connectivity index (χ1n) is 6.29. The first-order chi connectivity index (χ1) is 8.79. The second-order valence-electron chi connectivity index (χ2n) is 4.45. The van der Waals surface area contributed by atoms with E-state index in [1.165, 1.54) is 24.3 Å². The normalized spacial score (nSPS) is 16.3. The number of amides is 1. The monoisotopic (exact) mass is 265 g/mol. The van der Waals surface area contributed by atoms with Crippen molar-refractivity contribution in [3.8, 4) is 0 Å². The van der Waals surface area contributed by atoms with Gasteiger partial charge in [-0.25, -0.2) is 0 Å². The fourth-order valence-corrected chi connectivity index (χ4v) is 3.21. The average Bonchev–Trinajstić information content (AvgIpc) is 2.45. The molecule has 0 aromatic carbocycles. The van der Waals surface area contributed by atoms with Crippen molar-refractivity contribution in [3.05, 3.63) is 24.0 Å². The van der Waals surface area contributed by atoms with Crippen molar-refractivity contribution < 1.29 is 4.79 Å². The van der Waals surface area contributed by atoms with Crippen LogP contribution in [0.5, 0.6) is 0 Å². The topological polar surface area (TPSA) is 54.0 Å². The summed E-state index contributed by atoms with van der Waals surface area (Å²) in [6, 6.07) is 3.71. The molecule has 0 radical (unpaired) electrons. The Morgan fingerprint density at radius 3 is 3.00 bits per heavy atom. The number of nitrogens with zero attached hydrogens (tertiary/aromatic N) is 1. The van der Waals surface area contributed by atoms with Gasteiger partial charge < -0.3 is 10.6 Å². The maximum Gasteiger partial charge on any atom is 0.269 e. The predicted octanol–water partition coefficient (Wildman–Crippen LogP) is 2.00. The van der Waals surface area contributed by atoms with Crippen molar-refractivity contribution in [2.45, 2.75) is 12.8 Å². The molecule has 1 aliphatic heterocycles. The van der Waals surface area contributed by atoms with E-state index in [2.05, 4.69) is 15.6 Å². The summed E-state index contributed by atoms with van der Waals surface area (Å²) in [5.41, 5.74) is 1.43. The first kappa shape index (κ1) is 13.2. The van der Waals surface area contributed by atoms with Crippen LogP contribution >= 0.6 is 11.8 Å². The van der Waals surface area contributed by atoms with Gasteiger partial charge in [0.15, 0.2) is 0 Å². The Kier molecular flexibility index (Phi) is 4.87. The molecule has 1 amide bonds. The van der Waals surface area contributed by atoms with Crippen LogP contribution in [0.25, 0.3) is 0 Å². The molecule has 0 spiro atoms. The van der Waals surface area contributed by atoms with E-state index in [-0.39, 0.29) is 5.91 Å². The Morgan fingerprint density at radius 1 is 1.50 bits per heavy atom. The number of carbonyl (C=O) groups is 1. The minimum absolute atomic E-state index is 0.146. The highest BCUT2D eigenvalue weighted by Gasteiger charge is 2.13. The molecule has 0 aliphatic carbocycles. The molecular weight excluding hydrogens is 246 g/mol. The third-order valence-electron chi connectivity index (χ3n) is 3.16. The van der Waals surface area contributed by atoms with E-state index in [1.807, 2.05) is 17.8 Å². The Bertz CT molecular complexity index is 405. The molecule has 1 fully saturated rings. The van der Waals surface area contributed by atoms with E-state index >= 15 is 0 Å². The number of anilines is 1. The minimum Gasteiger partial charge on any atom is -0.385 e. The molecule has 18 heavy (non-hydrogen) atoms. The number of hydrogen-bond donors (Lipinski definition) is 2. The summed E-state index contributed by atoms with van der Waals surface area (Å²) in [6.07, 6.45) is 4.24. The van der Waals surface area contributed by atoms with Gasteiger partial charge in [0.05, 0.1) is 0 Å². The van der Waals surface area contributed by atoms with Crippen molar-refractivity contribution >= 4 is 23.4 Å². The standard InChI is InChI=1S/C13H19N3OS/c1-14-13(17)12-8-11(2-5-15-12)16-9-10-3-6-18-7-4-10/h2,5,8,10H,3-4,6-7,9H2,1H3,(H,14,17)(H,15,16). The molecule has 2 heterocycles. The Morgan fingerprint density at radius 2 is 2.28 bits per heavy atom. The second-order valence-corrected chi connectivity index (χ2v) is 5.67. The van der Waals surface area contributed by atoms with Gasteiger partial charge in [-0.2, -0.15) is 11.8 Å². The highest BCUT2D eigenvalue weighted by atomic mass is 32.2. The highest BCUT2D eigenvalue weighted by molar-refractivity contribution is 7.99. The molecule has 0 unspecified atom stereocenters. The largest absolute Gasteiger partial charge is 0.385 e. The number of nitrogens with one attached hydrogen (secondary N) is 2. The van der Waals surface area contributed by atoms with Crippen molar-refractivity contribution in [1.29, 1.82) is 0 Å². The van der Waals surface area contributed by atoms with Crippen LogP contribution in [0, 0.1) is 5.92 Å². The summed E-state index contributed by atoms with van der Waals surface area (Å²) >= 11 is 2.04. The summed E-state index contributed by atoms with van der Waals surface area (Å²) in [7, 11) is 1.61. The first-order valence-corrected chi connectivity index (χ1v) is 7.45. The number of carbonyl (C=O) groups excluding carboxylic acids is 1. The van der Waals surface area contributed by atoms with Gasteiger partial charge in [0.1, 0.15) is 5.69 Å². The summed E-state index contributed by atoms with van der Waals surface area (Å²) in [5, 5.41) is 5.99. The molecule has 0 saturated carbocycles. The third kappa shape index (κ3) is 3.63. The zero-order chi connectivity index (χ0) is 12.8. The maximum absolute atomic E-state index is 11.5. The minimum atomic E-state index is -0.146. The number of rotatable bonds is 4. The van der Waals surface area contributed by atoms with Gasteiger partial charge in [0.25, 0.3) is 5.91 Å². The van der Waals surface area contributed by atoms with Gasteiger partial charge in [0.2, 0.25) is 0 Å². The highest BCUT2D eigenvalue weighted by Crippen LogP contribution is 2.23. The second kappa shape index (κ2) is 6.64. The smallest absolute Gasteiger partial charge is 0.269 e. The van der Waals surface area contributed by atoms with Crippen LogP contribution < -0.4 is 10.6 Å². The van der Waals surface area contributed by atoms with E-state index in [9.17, 15) is 4.79 Å². The molecule has 0 atom stereocenters. The van der Waals surface area contributed by atoms with Crippen LogP contribution in [-0.4, -0.2) is 36.0 Å². The van der Waals surface area contributed by atoms with Gasteiger partial charge in [-0.1, -0.05) is 0 Å². The Labute approximate surface area is 112 Å². The van der Waals surface area contributed by atoms with Crippen LogP contribution in [0.2, 0.25) is 0 Å². The summed E-state index contributed by atoms with van der Waals surface area (Å²) in [5.74, 6) is 3.15. The molecule has 1 aliphatic rings. The lowest BCUT2D eigenvalue weighted by Gasteiger charge is -2.22. The maximum atomic E-state index is 11.5. The molecule has 1 saturated heterocycles. The summed E-state index contributed by atoms with van der Waals surface area (Å²) < 4.78 is 0. The quantitative estimate of drug-likeness (QED) is 0.874. The molecule has 2 rings (SSSR count). The summed E-state index contributed by atoms with van der Waals surface area (Å²) in [4.78, 5) is 15.5. The van der Waals surface area contributed by atoms with Gasteiger partial charge >= 0.3 is 0 Å². The SMILES string of the molecule is CNC(=O)c1cc(NCC2CCSCC2)ccn1. The zero-order valence-electron chi connectivity index (χ0n) is 10.6. The number of hydrogen-bond acceptors (Lipinski definition) is 4. The lowest BCUT2D eigenvalue weighted by Crippen LogP contribution is -2.21. The van der Waals surface area contributed by atoms with Crippen LogP contribution in [0.1, 0.15) is 23.3 Å².